The molecule has 0 atom stereocenters. The van der Waals surface area contributed by atoms with Crippen molar-refractivity contribution < 1.29 is 17.1 Å². The van der Waals surface area contributed by atoms with E-state index in [2.05, 4.69) is 0 Å². The number of rotatable bonds is 2. The molecule has 0 aliphatic rings. The minimum atomic E-state index is 0. The summed E-state index contributed by atoms with van der Waals surface area (Å²) in [4.78, 5) is 39.9. The number of hydrogen-bond donors (Lipinski definition) is 0. The molecular formula is C36H24CuN10. The van der Waals surface area contributed by atoms with Crippen LogP contribution in [0.25, 0.3) is 78.4 Å². The summed E-state index contributed by atoms with van der Waals surface area (Å²) in [6.07, 6.45) is 0. The predicted molar refractivity (Wildman–Crippen MR) is 179 cm³/mol. The van der Waals surface area contributed by atoms with E-state index in [1.807, 2.05) is 132 Å². The number of hydrogen-bond acceptors (Lipinski definition) is 6. The molecule has 5 heterocycles. The Hall–Kier alpha value is -5.90. The maximum atomic E-state index is 5.04. The van der Waals surface area contributed by atoms with E-state index >= 15 is 0 Å². The first-order chi connectivity index (χ1) is 22.6. The van der Waals surface area contributed by atoms with Gasteiger partial charge in [-0.05, 0) is 59.7 Å². The summed E-state index contributed by atoms with van der Waals surface area (Å²) in [6.45, 7) is 3.97. The molecule has 47 heavy (non-hydrogen) atoms. The summed E-state index contributed by atoms with van der Waals surface area (Å²) < 4.78 is 3.98. The fourth-order valence-electron chi connectivity index (χ4n) is 6.00. The number of benzene rings is 4. The molecule has 0 aliphatic heterocycles. The molecule has 10 nitrogen and oxygen atoms in total. The topological polar surface area (TPSA) is 115 Å². The second kappa shape index (κ2) is 11.2. The molecule has 0 unspecified atom stereocenters. The predicted octanol–water partition coefficient (Wildman–Crippen LogP) is 6.77. The van der Waals surface area contributed by atoms with E-state index in [0.717, 1.165) is 44.3 Å². The standard InChI is InChI=1S/C36H24N10.Cu/c1-21-29-37-31-25-17-9-11-19-27(25)34(39-31)44-36-42-30(22(2)46(36)24-15-7-4-8-16-24)38-32-26-18-10-12-20-28(26)33(40-32)43-35(41-29)45(21)23-13-5-3-6-14-23;/h3-20H,1-2H3;/q-2;+2. The van der Waals surface area contributed by atoms with E-state index in [0.29, 0.717) is 45.4 Å². The van der Waals surface area contributed by atoms with Crippen LogP contribution < -0.4 is 9.97 Å². The van der Waals surface area contributed by atoms with Crippen LogP contribution >= 0.6 is 0 Å². The van der Waals surface area contributed by atoms with E-state index in [-0.39, 0.29) is 17.1 Å². The van der Waals surface area contributed by atoms with E-state index in [1.54, 1.807) is 0 Å². The summed E-state index contributed by atoms with van der Waals surface area (Å²) in [5, 5.41) is 3.46. The van der Waals surface area contributed by atoms with Crippen LogP contribution in [0.3, 0.4) is 0 Å². The van der Waals surface area contributed by atoms with Crippen molar-refractivity contribution in [3.05, 3.63) is 121 Å². The summed E-state index contributed by atoms with van der Waals surface area (Å²) in [6, 6.07) is 35.9. The van der Waals surface area contributed by atoms with Gasteiger partial charge in [-0.2, -0.15) is 0 Å². The average Bonchev–Trinajstić information content (AvgIpc) is 3.80. The summed E-state index contributed by atoms with van der Waals surface area (Å²) >= 11 is 0. The van der Waals surface area contributed by atoms with Crippen molar-refractivity contribution >= 4 is 67.0 Å². The third-order valence-electron chi connectivity index (χ3n) is 8.24. The van der Waals surface area contributed by atoms with Gasteiger partial charge >= 0.3 is 17.1 Å². The van der Waals surface area contributed by atoms with Gasteiger partial charge in [0.25, 0.3) is 0 Å². The fourth-order valence-corrected chi connectivity index (χ4v) is 6.00. The third-order valence-corrected chi connectivity index (χ3v) is 8.24. The van der Waals surface area contributed by atoms with Crippen molar-refractivity contribution in [1.82, 2.24) is 49.0 Å². The Labute approximate surface area is 278 Å². The number of aromatic nitrogens is 10. The van der Waals surface area contributed by atoms with Gasteiger partial charge in [0.15, 0.2) is 11.6 Å². The van der Waals surface area contributed by atoms with Crippen LogP contribution in [-0.4, -0.2) is 39.0 Å². The van der Waals surface area contributed by atoms with Crippen LogP contribution in [-0.2, 0) is 17.1 Å². The van der Waals surface area contributed by atoms with Gasteiger partial charge in [0.05, 0.1) is 11.4 Å². The molecule has 0 amide bonds. The van der Waals surface area contributed by atoms with Crippen LogP contribution in [0, 0.1) is 13.8 Å². The monoisotopic (exact) mass is 659 g/mol. The second-order valence-electron chi connectivity index (χ2n) is 11.0. The Morgan fingerprint density at radius 2 is 0.723 bits per heavy atom. The zero-order valence-electron chi connectivity index (χ0n) is 25.2. The Bertz CT molecular complexity index is 2530. The number of aryl methyl sites for hydroxylation is 2. The first-order valence-corrected chi connectivity index (χ1v) is 14.9. The summed E-state index contributed by atoms with van der Waals surface area (Å²) in [7, 11) is 0. The fraction of sp³-hybridized carbons (Fsp3) is 0.0556. The first-order valence-electron chi connectivity index (χ1n) is 14.9. The van der Waals surface area contributed by atoms with Crippen LogP contribution in [0.4, 0.5) is 0 Å². The van der Waals surface area contributed by atoms with Crippen LogP contribution in [0.1, 0.15) is 11.4 Å². The second-order valence-corrected chi connectivity index (χ2v) is 11.0. The largest absolute Gasteiger partial charge is 2.00 e. The van der Waals surface area contributed by atoms with Gasteiger partial charge < -0.3 is 29.9 Å². The van der Waals surface area contributed by atoms with Crippen molar-refractivity contribution in [2.75, 3.05) is 0 Å². The molecule has 9 aromatic rings. The van der Waals surface area contributed by atoms with Gasteiger partial charge in [-0.1, -0.05) is 84.9 Å². The molecule has 4 aromatic carbocycles. The normalized spacial score (nSPS) is 11.4. The minimum absolute atomic E-state index is 0. The van der Waals surface area contributed by atoms with E-state index in [1.165, 1.54) is 0 Å². The summed E-state index contributed by atoms with van der Waals surface area (Å²) in [5.41, 5.74) is 6.55. The number of fused-ring (bicyclic) bond motifs is 14. The summed E-state index contributed by atoms with van der Waals surface area (Å²) in [5.74, 6) is 0.911. The zero-order chi connectivity index (χ0) is 30.8. The van der Waals surface area contributed by atoms with Gasteiger partial charge in [-0.15, -0.1) is 0 Å². The van der Waals surface area contributed by atoms with Gasteiger partial charge in [-0.25, -0.2) is 9.97 Å². The number of imidazole rings is 2. The smallest absolute Gasteiger partial charge is 0.357 e. The Morgan fingerprint density at radius 3 is 1.09 bits per heavy atom. The first kappa shape index (κ1) is 28.6. The quantitative estimate of drug-likeness (QED) is 0.187. The maximum Gasteiger partial charge on any atom is 2.00 e. The molecule has 9 rings (SSSR count). The van der Waals surface area contributed by atoms with Crippen LogP contribution in [0.15, 0.2) is 109 Å². The van der Waals surface area contributed by atoms with Gasteiger partial charge in [0.2, 0.25) is 0 Å². The zero-order valence-corrected chi connectivity index (χ0v) is 26.1. The van der Waals surface area contributed by atoms with Crippen molar-refractivity contribution in [2.24, 2.45) is 0 Å². The van der Waals surface area contributed by atoms with Crippen molar-refractivity contribution in [3.63, 3.8) is 0 Å². The van der Waals surface area contributed by atoms with Crippen molar-refractivity contribution in [2.45, 2.75) is 13.8 Å². The number of para-hydroxylation sites is 2. The molecule has 1 radical (unpaired) electrons. The van der Waals surface area contributed by atoms with Gasteiger partial charge in [-0.3, -0.25) is 9.13 Å². The number of nitrogens with zero attached hydrogens (tertiary/aromatic N) is 10. The molecule has 5 aromatic heterocycles. The van der Waals surface area contributed by atoms with E-state index in [4.69, 9.17) is 39.9 Å². The maximum absolute atomic E-state index is 5.04. The minimum Gasteiger partial charge on any atom is -0.357 e. The van der Waals surface area contributed by atoms with Gasteiger partial charge in [0, 0.05) is 34.0 Å². The molecule has 0 fully saturated rings. The van der Waals surface area contributed by atoms with Crippen LogP contribution in [0.5, 0.6) is 0 Å². The Morgan fingerprint density at radius 1 is 0.404 bits per heavy atom. The van der Waals surface area contributed by atoms with E-state index in [9.17, 15) is 0 Å². The molecule has 8 bridgehead atoms. The molecule has 0 N–H and O–H groups in total. The molecule has 0 aliphatic carbocycles. The Balaban J connectivity index is 0.00000324. The molecule has 229 valence electrons. The molecule has 0 saturated carbocycles. The van der Waals surface area contributed by atoms with Crippen LogP contribution in [0.2, 0.25) is 0 Å². The average molecular weight is 660 g/mol. The molecule has 11 heteroatoms. The van der Waals surface area contributed by atoms with Gasteiger partial charge in [0.1, 0.15) is 11.3 Å². The molecule has 0 spiro atoms. The van der Waals surface area contributed by atoms with E-state index < -0.39 is 0 Å². The Kier molecular flexibility index (Phi) is 6.79. The van der Waals surface area contributed by atoms with Crippen molar-refractivity contribution in [1.29, 1.82) is 0 Å². The third kappa shape index (κ3) is 4.63. The molecular weight excluding hydrogens is 636 g/mol. The van der Waals surface area contributed by atoms with Crippen molar-refractivity contribution in [3.8, 4) is 11.4 Å². The SMILES string of the molecule is Cc1c2nc3[n-]c(nc4nc(nc5[n-]c(nc(n2)n1-c1ccccc1)c1ccccc51)c(C)n4-c1ccccc1)c1ccccc31.[Cu+2]. The molecule has 0 saturated heterocycles.